The predicted molar refractivity (Wildman–Crippen MR) is 152 cm³/mol. The van der Waals surface area contributed by atoms with Crippen molar-refractivity contribution in [3.8, 4) is 5.69 Å². The fourth-order valence-corrected chi connectivity index (χ4v) is 5.41. The van der Waals surface area contributed by atoms with Gasteiger partial charge >= 0.3 is 0 Å². The molecule has 9 heteroatoms. The third kappa shape index (κ3) is 5.49. The van der Waals surface area contributed by atoms with Gasteiger partial charge in [0.2, 0.25) is 5.91 Å². The number of carbonyl (C=O) groups is 1. The molecule has 5 rings (SSSR count). The molecule has 2 aromatic carbocycles. The maximum atomic E-state index is 12.8. The molecular weight excluding hydrogens is 525 g/mol. The van der Waals surface area contributed by atoms with Gasteiger partial charge in [0.05, 0.1) is 28.5 Å². The minimum absolute atomic E-state index is 0.0807. The molecule has 1 amide bonds. The summed E-state index contributed by atoms with van der Waals surface area (Å²) in [7, 11) is 0. The average molecular weight is 551 g/mol. The van der Waals surface area contributed by atoms with Crippen LogP contribution < -0.4 is 10.6 Å². The van der Waals surface area contributed by atoms with E-state index in [0.717, 1.165) is 28.3 Å². The molecule has 2 aromatic heterocycles. The zero-order valence-electron chi connectivity index (χ0n) is 20.1. The van der Waals surface area contributed by atoms with Gasteiger partial charge in [-0.3, -0.25) is 9.78 Å². The van der Waals surface area contributed by atoms with Crippen molar-refractivity contribution in [2.24, 2.45) is 0 Å². The van der Waals surface area contributed by atoms with Crippen LogP contribution in [0.1, 0.15) is 35.5 Å². The monoisotopic (exact) mass is 549 g/mol. The number of nitrogens with one attached hydrogen (secondary N) is 2. The first kappa shape index (κ1) is 25.3. The van der Waals surface area contributed by atoms with E-state index in [9.17, 15) is 4.79 Å². The molecule has 0 radical (unpaired) electrons. The van der Waals surface area contributed by atoms with Crippen LogP contribution in [0.3, 0.4) is 0 Å². The van der Waals surface area contributed by atoms with Crippen molar-refractivity contribution in [1.29, 1.82) is 0 Å². The Morgan fingerprint density at radius 2 is 1.89 bits per heavy atom. The Hall–Kier alpha value is -3.39. The topological polar surface area (TPSA) is 62.2 Å². The maximum absolute atomic E-state index is 12.8. The van der Waals surface area contributed by atoms with Crippen molar-refractivity contribution in [1.82, 2.24) is 19.8 Å². The van der Waals surface area contributed by atoms with Crippen LogP contribution in [0.15, 0.2) is 85.2 Å². The van der Waals surface area contributed by atoms with E-state index in [1.54, 1.807) is 12.3 Å². The summed E-state index contributed by atoms with van der Waals surface area (Å²) in [6.45, 7) is 2.44. The number of amides is 1. The molecule has 0 saturated carbocycles. The lowest BCUT2D eigenvalue weighted by Gasteiger charge is -2.29. The number of anilines is 1. The molecule has 1 fully saturated rings. The first-order chi connectivity index (χ1) is 17.9. The third-order valence-corrected chi connectivity index (χ3v) is 7.26. The van der Waals surface area contributed by atoms with Gasteiger partial charge in [-0.15, -0.1) is 0 Å². The summed E-state index contributed by atoms with van der Waals surface area (Å²) >= 11 is 18.5. The van der Waals surface area contributed by atoms with Gasteiger partial charge in [0.15, 0.2) is 5.11 Å². The van der Waals surface area contributed by atoms with E-state index in [4.69, 9.17) is 35.4 Å². The molecule has 2 N–H and O–H groups in total. The smallest absolute Gasteiger partial charge is 0.226 e. The molecule has 2 atom stereocenters. The van der Waals surface area contributed by atoms with Crippen LogP contribution in [-0.2, 0) is 4.79 Å². The molecule has 0 bridgehead atoms. The van der Waals surface area contributed by atoms with Crippen LogP contribution in [0, 0.1) is 6.92 Å². The highest BCUT2D eigenvalue weighted by molar-refractivity contribution is 7.80. The van der Waals surface area contributed by atoms with Crippen molar-refractivity contribution in [2.45, 2.75) is 25.4 Å². The number of thiocarbonyl (C=S) groups is 1. The lowest BCUT2D eigenvalue weighted by Crippen LogP contribution is -2.33. The number of aromatic nitrogens is 2. The van der Waals surface area contributed by atoms with Crippen LogP contribution in [-0.4, -0.2) is 32.0 Å². The minimum atomic E-state index is -0.226. The van der Waals surface area contributed by atoms with Crippen LogP contribution in [0.25, 0.3) is 5.69 Å². The van der Waals surface area contributed by atoms with Gasteiger partial charge in [-0.2, -0.15) is 0 Å². The molecule has 188 valence electrons. The first-order valence-corrected chi connectivity index (χ1v) is 13.0. The highest BCUT2D eigenvalue weighted by Crippen LogP contribution is 2.40. The SMILES string of the molecule is Cc1ccc(NC(=O)CCN2C(=S)NC(c3ccccn3)C2c2cccn2-c2ccc(Cl)cc2Cl)cc1. The number of hydrogen-bond donors (Lipinski definition) is 2. The van der Waals surface area contributed by atoms with Crippen molar-refractivity contribution in [2.75, 3.05) is 11.9 Å². The number of benzene rings is 2. The molecule has 0 spiro atoms. The first-order valence-electron chi connectivity index (χ1n) is 11.9. The molecule has 6 nitrogen and oxygen atoms in total. The Morgan fingerprint density at radius 3 is 2.62 bits per heavy atom. The maximum Gasteiger partial charge on any atom is 0.226 e. The van der Waals surface area contributed by atoms with Gasteiger partial charge in [0.1, 0.15) is 0 Å². The normalized spacial score (nSPS) is 17.1. The van der Waals surface area contributed by atoms with Crippen LogP contribution in [0.2, 0.25) is 10.0 Å². The van der Waals surface area contributed by atoms with Crippen molar-refractivity contribution in [3.63, 3.8) is 0 Å². The highest BCUT2D eigenvalue weighted by atomic mass is 35.5. The second-order valence-electron chi connectivity index (χ2n) is 8.88. The van der Waals surface area contributed by atoms with E-state index >= 15 is 0 Å². The Kier molecular flexibility index (Phi) is 7.46. The van der Waals surface area contributed by atoms with Crippen LogP contribution in [0.4, 0.5) is 5.69 Å². The number of carbonyl (C=O) groups excluding carboxylic acids is 1. The Balaban J connectivity index is 1.45. The fraction of sp³-hybridized carbons (Fsp3) is 0.179. The number of hydrogen-bond acceptors (Lipinski definition) is 3. The van der Waals surface area contributed by atoms with E-state index in [2.05, 4.69) is 20.5 Å². The number of aryl methyl sites for hydroxylation is 1. The second-order valence-corrected chi connectivity index (χ2v) is 10.1. The Bertz CT molecular complexity index is 1420. The summed E-state index contributed by atoms with van der Waals surface area (Å²) in [6.07, 6.45) is 4.00. The predicted octanol–water partition coefficient (Wildman–Crippen LogP) is 6.49. The number of halogens is 2. The third-order valence-electron chi connectivity index (χ3n) is 6.37. The summed E-state index contributed by atoms with van der Waals surface area (Å²) in [5, 5.41) is 8.09. The Labute approximate surface area is 231 Å². The molecule has 1 aliphatic heterocycles. The largest absolute Gasteiger partial charge is 0.352 e. The number of rotatable bonds is 7. The minimum Gasteiger partial charge on any atom is -0.352 e. The standard InChI is InChI=1S/C28H25Cl2N5OS/c1-18-7-10-20(11-8-18)32-25(36)13-16-35-27(26(33-28(35)37)22-5-2-3-14-31-22)24-6-4-15-34(24)23-12-9-19(29)17-21(23)30/h2-12,14-15,17,26-27H,13,16H2,1H3,(H,32,36)(H,33,37). The van der Waals surface area contributed by atoms with Gasteiger partial charge in [-0.25, -0.2) is 0 Å². The molecule has 1 aliphatic rings. The summed E-state index contributed by atoms with van der Waals surface area (Å²) < 4.78 is 2.04. The molecule has 37 heavy (non-hydrogen) atoms. The quantitative estimate of drug-likeness (QED) is 0.258. The molecular formula is C28H25Cl2N5OS. The van der Waals surface area contributed by atoms with E-state index in [1.807, 2.05) is 84.4 Å². The van der Waals surface area contributed by atoms with Crippen LogP contribution in [0.5, 0.6) is 0 Å². The Morgan fingerprint density at radius 1 is 1.08 bits per heavy atom. The van der Waals surface area contributed by atoms with Gasteiger partial charge in [0, 0.05) is 41.8 Å². The van der Waals surface area contributed by atoms with Crippen LogP contribution >= 0.6 is 35.4 Å². The second kappa shape index (κ2) is 10.9. The van der Waals surface area contributed by atoms with Gasteiger partial charge in [0.25, 0.3) is 0 Å². The molecule has 2 unspecified atom stereocenters. The summed E-state index contributed by atoms with van der Waals surface area (Å²) in [5.41, 5.74) is 4.54. The zero-order chi connectivity index (χ0) is 25.9. The van der Waals surface area contributed by atoms with E-state index in [-0.39, 0.29) is 24.4 Å². The molecule has 0 aliphatic carbocycles. The van der Waals surface area contributed by atoms with Crippen molar-refractivity contribution < 1.29 is 4.79 Å². The van der Waals surface area contributed by atoms with E-state index in [1.165, 1.54) is 0 Å². The van der Waals surface area contributed by atoms with Gasteiger partial charge < -0.3 is 20.1 Å². The number of nitrogens with zero attached hydrogens (tertiary/aromatic N) is 3. The lowest BCUT2D eigenvalue weighted by molar-refractivity contribution is -0.116. The summed E-state index contributed by atoms with van der Waals surface area (Å²) in [5.74, 6) is -0.0807. The molecule has 4 aromatic rings. The fourth-order valence-electron chi connectivity index (χ4n) is 4.58. The van der Waals surface area contributed by atoms with Gasteiger partial charge in [-0.1, -0.05) is 47.0 Å². The molecule has 3 heterocycles. The average Bonchev–Trinajstić information content (AvgIpc) is 3.48. The van der Waals surface area contributed by atoms with Crippen molar-refractivity contribution >= 4 is 52.1 Å². The van der Waals surface area contributed by atoms with Gasteiger partial charge in [-0.05, 0) is 73.7 Å². The number of pyridine rings is 1. The highest BCUT2D eigenvalue weighted by Gasteiger charge is 2.41. The van der Waals surface area contributed by atoms with E-state index < -0.39 is 0 Å². The van der Waals surface area contributed by atoms with E-state index in [0.29, 0.717) is 21.7 Å². The molecule has 1 saturated heterocycles. The summed E-state index contributed by atoms with van der Waals surface area (Å²) in [6, 6.07) is 22.6. The summed E-state index contributed by atoms with van der Waals surface area (Å²) in [4.78, 5) is 19.5. The lowest BCUT2D eigenvalue weighted by atomic mass is 10.0. The van der Waals surface area contributed by atoms with Crippen molar-refractivity contribution in [3.05, 3.63) is 112 Å². The zero-order valence-corrected chi connectivity index (χ0v) is 22.4.